The molecule has 10 heteroatoms. The van der Waals surface area contributed by atoms with Crippen molar-refractivity contribution in [1.29, 1.82) is 0 Å². The second kappa shape index (κ2) is 11.7. The predicted molar refractivity (Wildman–Crippen MR) is 130 cm³/mol. The highest BCUT2D eigenvalue weighted by atomic mass is 16.5. The normalized spacial score (nSPS) is 15.3. The highest BCUT2D eigenvalue weighted by Gasteiger charge is 2.28. The van der Waals surface area contributed by atoms with Gasteiger partial charge < -0.3 is 28.6 Å². The molecule has 0 radical (unpaired) electrons. The maximum atomic E-state index is 12.9. The van der Waals surface area contributed by atoms with Crippen molar-refractivity contribution >= 4 is 17.8 Å². The largest absolute Gasteiger partial charge is 0.493 e. The second-order valence-corrected chi connectivity index (χ2v) is 8.69. The van der Waals surface area contributed by atoms with E-state index >= 15 is 0 Å². The van der Waals surface area contributed by atoms with Gasteiger partial charge >= 0.3 is 5.97 Å². The van der Waals surface area contributed by atoms with E-state index in [0.717, 1.165) is 6.42 Å². The molecule has 0 saturated carbocycles. The smallest absolute Gasteiger partial charge is 0.343 e. The van der Waals surface area contributed by atoms with Gasteiger partial charge in [0.25, 0.3) is 5.56 Å². The number of hydrogen-bond acceptors (Lipinski definition) is 7. The van der Waals surface area contributed by atoms with Crippen LogP contribution in [0.5, 0.6) is 11.5 Å². The minimum absolute atomic E-state index is 0.0766. The molecule has 10 nitrogen and oxygen atoms in total. The fourth-order valence-electron chi connectivity index (χ4n) is 4.57. The van der Waals surface area contributed by atoms with E-state index in [9.17, 15) is 19.2 Å². The summed E-state index contributed by atoms with van der Waals surface area (Å²) < 4.78 is 18.0. The van der Waals surface area contributed by atoms with Gasteiger partial charge in [-0.15, -0.1) is 0 Å². The number of pyridine rings is 1. The quantitative estimate of drug-likeness (QED) is 0.483. The van der Waals surface area contributed by atoms with Crippen LogP contribution in [0.4, 0.5) is 0 Å². The molecule has 2 aliphatic rings. The molecule has 1 aromatic heterocycles. The number of carbonyl (C=O) groups is 3. The number of hydrogen-bond donors (Lipinski definition) is 0. The first-order chi connectivity index (χ1) is 17.5. The van der Waals surface area contributed by atoms with Gasteiger partial charge in [0, 0.05) is 50.8 Å². The van der Waals surface area contributed by atoms with Crippen molar-refractivity contribution in [3.8, 4) is 11.5 Å². The molecular weight excluding hydrogens is 466 g/mol. The van der Waals surface area contributed by atoms with Crippen LogP contribution in [0.15, 0.2) is 41.2 Å². The highest BCUT2D eigenvalue weighted by Crippen LogP contribution is 2.24. The van der Waals surface area contributed by atoms with Crippen molar-refractivity contribution < 1.29 is 28.6 Å². The monoisotopic (exact) mass is 497 g/mol. The molecule has 2 amide bonds. The van der Waals surface area contributed by atoms with Gasteiger partial charge in [-0.1, -0.05) is 18.2 Å². The third-order valence-electron chi connectivity index (χ3n) is 6.45. The fourth-order valence-corrected chi connectivity index (χ4v) is 4.57. The van der Waals surface area contributed by atoms with E-state index in [1.807, 2.05) is 30.3 Å². The summed E-state index contributed by atoms with van der Waals surface area (Å²) >= 11 is 0. The summed E-state index contributed by atoms with van der Waals surface area (Å²) in [4.78, 5) is 53.7. The predicted octanol–water partition coefficient (Wildman–Crippen LogP) is 1.49. The summed E-state index contributed by atoms with van der Waals surface area (Å²) in [5.74, 6) is 0.221. The number of amides is 2. The first-order valence-corrected chi connectivity index (χ1v) is 12.2. The molecule has 192 valence electrons. The zero-order chi connectivity index (χ0) is 25.5. The zero-order valence-electron chi connectivity index (χ0n) is 20.4. The summed E-state index contributed by atoms with van der Waals surface area (Å²) in [6, 6.07) is 10.6. The Bertz CT molecular complexity index is 1160. The van der Waals surface area contributed by atoms with Gasteiger partial charge in [0.15, 0.2) is 0 Å². The number of carbonyl (C=O) groups excluding carboxylic acids is 3. The third kappa shape index (κ3) is 5.87. The van der Waals surface area contributed by atoms with Gasteiger partial charge in [-0.05, 0) is 18.6 Å². The Morgan fingerprint density at radius 1 is 0.944 bits per heavy atom. The number of rotatable bonds is 9. The van der Waals surface area contributed by atoms with E-state index in [1.165, 1.54) is 17.7 Å². The first kappa shape index (κ1) is 25.3. The Morgan fingerprint density at radius 2 is 1.75 bits per heavy atom. The molecule has 3 heterocycles. The average molecular weight is 498 g/mol. The van der Waals surface area contributed by atoms with Gasteiger partial charge in [-0.3, -0.25) is 14.4 Å². The molecule has 2 aromatic rings. The molecule has 0 spiro atoms. The molecule has 1 fully saturated rings. The zero-order valence-corrected chi connectivity index (χ0v) is 20.4. The van der Waals surface area contributed by atoms with Gasteiger partial charge in [0.2, 0.25) is 11.8 Å². The topological polar surface area (TPSA) is 107 Å². The van der Waals surface area contributed by atoms with E-state index in [0.29, 0.717) is 50.5 Å². The maximum Gasteiger partial charge on any atom is 0.343 e. The number of ether oxygens (including phenoxy) is 3. The van der Waals surface area contributed by atoms with Crippen molar-refractivity contribution in [2.24, 2.45) is 0 Å². The third-order valence-corrected chi connectivity index (χ3v) is 6.45. The van der Waals surface area contributed by atoms with Crippen molar-refractivity contribution in [1.82, 2.24) is 14.4 Å². The summed E-state index contributed by atoms with van der Waals surface area (Å²) in [5, 5.41) is 0. The number of fused-ring (bicyclic) bond motifs is 1. The molecule has 36 heavy (non-hydrogen) atoms. The van der Waals surface area contributed by atoms with Gasteiger partial charge in [0.05, 0.1) is 26.7 Å². The van der Waals surface area contributed by atoms with Crippen LogP contribution in [-0.4, -0.2) is 78.7 Å². The van der Waals surface area contributed by atoms with Gasteiger partial charge in [-0.2, -0.15) is 0 Å². The van der Waals surface area contributed by atoms with E-state index < -0.39 is 5.97 Å². The van der Waals surface area contributed by atoms with Gasteiger partial charge in [-0.25, -0.2) is 4.79 Å². The van der Waals surface area contributed by atoms with Gasteiger partial charge in [0.1, 0.15) is 23.7 Å². The molecule has 0 bridgehead atoms. The number of aromatic nitrogens is 1. The molecule has 0 aliphatic carbocycles. The molecule has 1 saturated heterocycles. The van der Waals surface area contributed by atoms with E-state index in [2.05, 4.69) is 0 Å². The molecule has 0 atom stereocenters. The van der Waals surface area contributed by atoms with Crippen LogP contribution in [0.1, 0.15) is 35.3 Å². The van der Waals surface area contributed by atoms with Crippen LogP contribution in [0.3, 0.4) is 0 Å². The Balaban J connectivity index is 1.44. The Hall–Kier alpha value is -3.82. The molecule has 2 aliphatic heterocycles. The SMILES string of the molecule is COC(=O)c1c(OCCN2CCCC2=O)cc(=O)n2c1CCN(C(=O)CCOc1ccccc1)CC2. The van der Waals surface area contributed by atoms with E-state index in [-0.39, 0.29) is 54.9 Å². The number of benzene rings is 1. The molecular formula is C26H31N3O7. The fraction of sp³-hybridized carbons (Fsp3) is 0.462. The second-order valence-electron chi connectivity index (χ2n) is 8.69. The minimum atomic E-state index is -0.609. The van der Waals surface area contributed by atoms with Crippen LogP contribution < -0.4 is 15.0 Å². The maximum absolute atomic E-state index is 12.9. The minimum Gasteiger partial charge on any atom is -0.493 e. The lowest BCUT2D eigenvalue weighted by Crippen LogP contribution is -2.35. The lowest BCUT2D eigenvalue weighted by molar-refractivity contribution is -0.131. The Morgan fingerprint density at radius 3 is 2.47 bits per heavy atom. The Labute approximate surface area is 209 Å². The summed E-state index contributed by atoms with van der Waals surface area (Å²) in [7, 11) is 1.27. The molecule has 4 rings (SSSR count). The lowest BCUT2D eigenvalue weighted by Gasteiger charge is -2.20. The van der Waals surface area contributed by atoms with E-state index in [4.69, 9.17) is 14.2 Å². The van der Waals surface area contributed by atoms with Crippen molar-refractivity contribution in [2.75, 3.05) is 46.5 Å². The lowest BCUT2D eigenvalue weighted by atomic mass is 10.1. The first-order valence-electron chi connectivity index (χ1n) is 12.2. The number of methoxy groups -OCH3 is 1. The summed E-state index contributed by atoms with van der Waals surface area (Å²) in [5.41, 5.74) is 0.357. The van der Waals surface area contributed by atoms with Crippen molar-refractivity contribution in [2.45, 2.75) is 32.2 Å². The van der Waals surface area contributed by atoms with Crippen molar-refractivity contribution in [3.05, 3.63) is 58.0 Å². The van der Waals surface area contributed by atoms with E-state index in [1.54, 1.807) is 9.80 Å². The average Bonchev–Trinajstić information content (AvgIpc) is 3.15. The van der Waals surface area contributed by atoms with Crippen LogP contribution in [0, 0.1) is 0 Å². The standard InChI is InChI=1S/C26H31N3O7/c1-34-26(33)25-20-9-12-28(23(31)10-16-35-19-6-3-2-4-7-19)13-14-29(20)24(32)18-21(25)36-17-15-27-11-5-8-22(27)30/h2-4,6-7,18H,5,8-17H2,1H3. The highest BCUT2D eigenvalue weighted by molar-refractivity contribution is 5.93. The van der Waals surface area contributed by atoms with Crippen molar-refractivity contribution in [3.63, 3.8) is 0 Å². The molecule has 0 N–H and O–H groups in total. The number of likely N-dealkylation sites (tertiary alicyclic amines) is 1. The van der Waals surface area contributed by atoms with Crippen LogP contribution in [-0.2, 0) is 27.3 Å². The van der Waals surface area contributed by atoms with Crippen LogP contribution >= 0.6 is 0 Å². The summed E-state index contributed by atoms with van der Waals surface area (Å²) in [6.07, 6.45) is 1.85. The molecule has 0 unspecified atom stereocenters. The number of para-hydroxylation sites is 1. The number of esters is 1. The van der Waals surface area contributed by atoms with Crippen LogP contribution in [0.25, 0.3) is 0 Å². The van der Waals surface area contributed by atoms with Crippen LogP contribution in [0.2, 0.25) is 0 Å². The number of nitrogens with zero attached hydrogens (tertiary/aromatic N) is 3. The molecule has 1 aromatic carbocycles. The Kier molecular flexibility index (Phi) is 8.24. The summed E-state index contributed by atoms with van der Waals surface area (Å²) in [6.45, 7) is 2.41.